The van der Waals surface area contributed by atoms with Gasteiger partial charge in [0.2, 0.25) is 0 Å². The standard InChI is InChI=1S/C21H16ClFN4O/c1-13-9-16(14(2)27(13)20-6-4-3-5-18(20)22)12-25-26-21(28)17-8-7-15(11-24)10-19(17)23/h3-10,12H,1-2H3,(H,26,28)/b25-12+. The van der Waals surface area contributed by atoms with Gasteiger partial charge in [-0.3, -0.25) is 4.79 Å². The summed E-state index contributed by atoms with van der Waals surface area (Å²) in [6.45, 7) is 3.86. The summed E-state index contributed by atoms with van der Waals surface area (Å²) in [5.41, 5.74) is 5.76. The molecule has 0 bridgehead atoms. The van der Waals surface area contributed by atoms with Gasteiger partial charge in [-0.15, -0.1) is 0 Å². The molecule has 1 amide bonds. The van der Waals surface area contributed by atoms with Crippen LogP contribution in [0.5, 0.6) is 0 Å². The maximum Gasteiger partial charge on any atom is 0.274 e. The maximum absolute atomic E-state index is 13.9. The van der Waals surface area contributed by atoms with E-state index < -0.39 is 11.7 Å². The second-order valence-electron chi connectivity index (χ2n) is 6.12. The van der Waals surface area contributed by atoms with E-state index in [0.29, 0.717) is 5.02 Å². The van der Waals surface area contributed by atoms with Crippen LogP contribution in [0.2, 0.25) is 5.02 Å². The zero-order valence-corrected chi connectivity index (χ0v) is 16.0. The number of amides is 1. The van der Waals surface area contributed by atoms with Gasteiger partial charge in [-0.25, -0.2) is 9.82 Å². The summed E-state index contributed by atoms with van der Waals surface area (Å²) >= 11 is 6.30. The number of halogens is 2. The fourth-order valence-corrected chi connectivity index (χ4v) is 3.13. The monoisotopic (exact) mass is 394 g/mol. The zero-order valence-electron chi connectivity index (χ0n) is 15.2. The van der Waals surface area contributed by atoms with Crippen molar-refractivity contribution in [2.45, 2.75) is 13.8 Å². The van der Waals surface area contributed by atoms with Crippen LogP contribution in [0.3, 0.4) is 0 Å². The smallest absolute Gasteiger partial charge is 0.274 e. The number of carbonyl (C=O) groups is 1. The Hall–Kier alpha value is -3.43. The summed E-state index contributed by atoms with van der Waals surface area (Å²) in [7, 11) is 0. The molecule has 3 rings (SSSR count). The molecule has 2 aromatic carbocycles. The topological polar surface area (TPSA) is 70.2 Å². The van der Waals surface area contributed by atoms with Crippen LogP contribution in [0.1, 0.15) is 32.9 Å². The minimum Gasteiger partial charge on any atom is -0.316 e. The third-order valence-corrected chi connectivity index (χ3v) is 4.60. The van der Waals surface area contributed by atoms with Gasteiger partial charge in [0.15, 0.2) is 0 Å². The summed E-state index contributed by atoms with van der Waals surface area (Å²) in [5, 5.41) is 13.3. The Morgan fingerprint density at radius 3 is 2.68 bits per heavy atom. The molecule has 3 aromatic rings. The molecule has 0 aliphatic rings. The fourth-order valence-electron chi connectivity index (χ4n) is 2.91. The number of benzene rings is 2. The quantitative estimate of drug-likeness (QED) is 0.522. The number of aromatic nitrogens is 1. The molecule has 0 unspecified atom stereocenters. The number of hydrogen-bond donors (Lipinski definition) is 1. The average molecular weight is 395 g/mol. The third kappa shape index (κ3) is 3.80. The van der Waals surface area contributed by atoms with Crippen LogP contribution in [-0.4, -0.2) is 16.7 Å². The molecule has 7 heteroatoms. The molecule has 0 spiro atoms. The van der Waals surface area contributed by atoms with Crippen LogP contribution in [0.25, 0.3) is 5.69 Å². The lowest BCUT2D eigenvalue weighted by Crippen LogP contribution is -2.19. The summed E-state index contributed by atoms with van der Waals surface area (Å²) in [5.74, 6) is -1.47. The lowest BCUT2D eigenvalue weighted by atomic mass is 10.1. The first kappa shape index (κ1) is 19.3. The van der Waals surface area contributed by atoms with E-state index >= 15 is 0 Å². The van der Waals surface area contributed by atoms with Gasteiger partial charge < -0.3 is 4.57 Å². The number of nitrogens with one attached hydrogen (secondary N) is 1. The molecule has 5 nitrogen and oxygen atoms in total. The number of aryl methyl sites for hydroxylation is 1. The molecule has 140 valence electrons. The molecule has 0 fully saturated rings. The third-order valence-electron chi connectivity index (χ3n) is 4.28. The minimum atomic E-state index is -0.774. The second-order valence-corrected chi connectivity index (χ2v) is 6.53. The first-order chi connectivity index (χ1) is 13.4. The number of hydrogen-bond acceptors (Lipinski definition) is 3. The van der Waals surface area contributed by atoms with E-state index in [1.54, 1.807) is 0 Å². The predicted octanol–water partition coefficient (Wildman–Crippen LogP) is 4.52. The number of nitriles is 1. The van der Waals surface area contributed by atoms with Gasteiger partial charge >= 0.3 is 0 Å². The number of nitrogens with zero attached hydrogens (tertiary/aromatic N) is 3. The highest BCUT2D eigenvalue weighted by Crippen LogP contribution is 2.25. The molecular weight excluding hydrogens is 379 g/mol. The van der Waals surface area contributed by atoms with Crippen LogP contribution in [0.15, 0.2) is 53.6 Å². The average Bonchev–Trinajstić information content (AvgIpc) is 2.95. The normalized spacial score (nSPS) is 10.8. The van der Waals surface area contributed by atoms with Crippen molar-refractivity contribution in [2.75, 3.05) is 0 Å². The van der Waals surface area contributed by atoms with Crippen molar-refractivity contribution < 1.29 is 9.18 Å². The number of hydrazone groups is 1. The van der Waals surface area contributed by atoms with E-state index in [9.17, 15) is 9.18 Å². The largest absolute Gasteiger partial charge is 0.316 e. The maximum atomic E-state index is 13.9. The Bertz CT molecular complexity index is 1130. The van der Waals surface area contributed by atoms with Gasteiger partial charge in [0.1, 0.15) is 5.82 Å². The lowest BCUT2D eigenvalue weighted by molar-refractivity contribution is 0.0951. The van der Waals surface area contributed by atoms with Crippen LogP contribution in [0.4, 0.5) is 4.39 Å². The summed E-state index contributed by atoms with van der Waals surface area (Å²) < 4.78 is 15.9. The van der Waals surface area contributed by atoms with Gasteiger partial charge in [0, 0.05) is 17.0 Å². The molecule has 0 aliphatic carbocycles. The van der Waals surface area contributed by atoms with Gasteiger partial charge in [-0.05, 0) is 50.2 Å². The molecular formula is C21H16ClFN4O. The van der Waals surface area contributed by atoms with Crippen molar-refractivity contribution in [1.29, 1.82) is 5.26 Å². The van der Waals surface area contributed by atoms with Crippen molar-refractivity contribution in [1.82, 2.24) is 9.99 Å². The molecule has 0 aliphatic heterocycles. The molecule has 1 heterocycles. The summed E-state index contributed by atoms with van der Waals surface area (Å²) in [6, 6.07) is 14.9. The highest BCUT2D eigenvalue weighted by molar-refractivity contribution is 6.32. The molecule has 0 saturated carbocycles. The zero-order chi connectivity index (χ0) is 20.3. The lowest BCUT2D eigenvalue weighted by Gasteiger charge is -2.11. The SMILES string of the molecule is Cc1cc(/C=N/NC(=O)c2ccc(C#N)cc2F)c(C)n1-c1ccccc1Cl. The minimum absolute atomic E-state index is 0.143. The number of rotatable bonds is 4. The van der Waals surface area contributed by atoms with Crippen LogP contribution >= 0.6 is 11.6 Å². The second kappa shape index (κ2) is 8.07. The molecule has 0 radical (unpaired) electrons. The van der Waals surface area contributed by atoms with Crippen molar-refractivity contribution in [3.8, 4) is 11.8 Å². The van der Waals surface area contributed by atoms with Crippen molar-refractivity contribution in [3.63, 3.8) is 0 Å². The van der Waals surface area contributed by atoms with E-state index in [2.05, 4.69) is 10.5 Å². The molecule has 0 saturated heterocycles. The van der Waals surface area contributed by atoms with Gasteiger partial charge in [0.25, 0.3) is 5.91 Å². The number of para-hydroxylation sites is 1. The summed E-state index contributed by atoms with van der Waals surface area (Å²) in [6.07, 6.45) is 1.50. The van der Waals surface area contributed by atoms with E-state index in [1.165, 1.54) is 18.3 Å². The van der Waals surface area contributed by atoms with Crippen molar-refractivity contribution >= 4 is 23.7 Å². The number of carbonyl (C=O) groups excluding carboxylic acids is 1. The Morgan fingerprint density at radius 1 is 1.25 bits per heavy atom. The molecule has 0 atom stereocenters. The molecule has 1 aromatic heterocycles. The Labute approximate surface area is 166 Å². The Morgan fingerprint density at radius 2 is 2.00 bits per heavy atom. The summed E-state index contributed by atoms with van der Waals surface area (Å²) in [4.78, 5) is 12.1. The van der Waals surface area contributed by atoms with E-state index in [4.69, 9.17) is 16.9 Å². The van der Waals surface area contributed by atoms with Crippen molar-refractivity contribution in [3.05, 3.63) is 87.4 Å². The van der Waals surface area contributed by atoms with Crippen molar-refractivity contribution in [2.24, 2.45) is 5.10 Å². The van der Waals surface area contributed by atoms with Gasteiger partial charge in [0.05, 0.1) is 34.1 Å². The Balaban J connectivity index is 1.81. The van der Waals surface area contributed by atoms with Gasteiger partial charge in [-0.1, -0.05) is 23.7 Å². The van der Waals surface area contributed by atoms with Crippen LogP contribution < -0.4 is 5.43 Å². The highest BCUT2D eigenvalue weighted by atomic mass is 35.5. The predicted molar refractivity (Wildman–Crippen MR) is 106 cm³/mol. The van der Waals surface area contributed by atoms with Crippen LogP contribution in [-0.2, 0) is 0 Å². The fraction of sp³-hybridized carbons (Fsp3) is 0.0952. The first-order valence-corrected chi connectivity index (χ1v) is 8.77. The highest BCUT2D eigenvalue weighted by Gasteiger charge is 2.13. The van der Waals surface area contributed by atoms with E-state index in [-0.39, 0.29) is 11.1 Å². The van der Waals surface area contributed by atoms with Gasteiger partial charge in [-0.2, -0.15) is 10.4 Å². The first-order valence-electron chi connectivity index (χ1n) is 8.39. The molecule has 28 heavy (non-hydrogen) atoms. The van der Waals surface area contributed by atoms with E-state index in [1.807, 2.05) is 54.8 Å². The Kier molecular flexibility index (Phi) is 5.57. The molecule has 1 N–H and O–H groups in total. The van der Waals surface area contributed by atoms with Crippen LogP contribution in [0, 0.1) is 31.0 Å². The van der Waals surface area contributed by atoms with E-state index in [0.717, 1.165) is 28.7 Å².